The molecule has 3 aromatic rings. The fraction of sp³-hybridized carbons (Fsp3) is 0.292. The Morgan fingerprint density at radius 2 is 1.84 bits per heavy atom. The summed E-state index contributed by atoms with van der Waals surface area (Å²) in [4.78, 5) is 0. The monoisotopic (exact) mass is 445 g/mol. The van der Waals surface area contributed by atoms with E-state index < -0.39 is 11.7 Å². The number of halogens is 4. The molecule has 162 valence electrons. The Morgan fingerprint density at radius 1 is 1.10 bits per heavy atom. The molecule has 1 aliphatic rings. The van der Waals surface area contributed by atoms with Crippen molar-refractivity contribution in [2.75, 3.05) is 0 Å². The fourth-order valence-corrected chi connectivity index (χ4v) is 4.41. The molecule has 0 unspecified atom stereocenters. The Bertz CT molecular complexity index is 1100. The van der Waals surface area contributed by atoms with Crippen LogP contribution in [-0.4, -0.2) is 15.8 Å². The van der Waals surface area contributed by atoms with Crippen LogP contribution in [0.4, 0.5) is 13.2 Å². The highest BCUT2D eigenvalue weighted by atomic mass is 35.5. The number of alkyl halides is 3. The first-order valence-corrected chi connectivity index (χ1v) is 10.5. The predicted octanol–water partition coefficient (Wildman–Crippen LogP) is 6.36. The van der Waals surface area contributed by atoms with E-state index in [9.17, 15) is 13.2 Å². The van der Waals surface area contributed by atoms with Crippen LogP contribution < -0.4 is 5.32 Å². The molecule has 1 aliphatic carbocycles. The lowest BCUT2D eigenvalue weighted by atomic mass is 9.96. The van der Waals surface area contributed by atoms with Gasteiger partial charge in [0.15, 0.2) is 0 Å². The molecule has 0 saturated carbocycles. The van der Waals surface area contributed by atoms with Gasteiger partial charge in [0.25, 0.3) is 0 Å². The van der Waals surface area contributed by atoms with E-state index in [1.165, 1.54) is 12.1 Å². The molecule has 0 saturated heterocycles. The zero-order chi connectivity index (χ0) is 22.2. The molecule has 4 rings (SSSR count). The van der Waals surface area contributed by atoms with Crippen LogP contribution in [0.5, 0.6) is 0 Å². The van der Waals surface area contributed by atoms with Crippen LogP contribution in [0.3, 0.4) is 0 Å². The van der Waals surface area contributed by atoms with Crippen LogP contribution in [0.2, 0.25) is 5.02 Å². The molecule has 2 atom stereocenters. The first kappa shape index (κ1) is 21.7. The number of aromatic nitrogens is 2. The second-order valence-electron chi connectivity index (χ2n) is 7.89. The van der Waals surface area contributed by atoms with Crippen LogP contribution in [0.25, 0.3) is 5.69 Å². The van der Waals surface area contributed by atoms with Gasteiger partial charge in [-0.05, 0) is 62.2 Å². The first-order valence-electron chi connectivity index (χ1n) is 10.1. The van der Waals surface area contributed by atoms with E-state index in [1.54, 1.807) is 4.68 Å². The second-order valence-corrected chi connectivity index (χ2v) is 8.32. The molecular weight excluding hydrogens is 423 g/mol. The van der Waals surface area contributed by atoms with Gasteiger partial charge in [0.2, 0.25) is 0 Å². The van der Waals surface area contributed by atoms with Crippen LogP contribution in [0, 0.1) is 13.8 Å². The van der Waals surface area contributed by atoms with Crippen molar-refractivity contribution in [2.24, 2.45) is 0 Å². The SMILES string of the molecule is Cc1nn(-c2ccc(C(F)(F)F)cc2)c(C)c1[C@H]1C=C[C@@H](NCc2cccc(Cl)c2)C1. The minimum Gasteiger partial charge on any atom is -0.306 e. The van der Waals surface area contributed by atoms with E-state index in [0.717, 1.165) is 52.6 Å². The number of hydrogen-bond donors (Lipinski definition) is 1. The molecule has 0 fully saturated rings. The number of nitrogens with one attached hydrogen (secondary N) is 1. The molecule has 0 amide bonds. The van der Waals surface area contributed by atoms with Crippen LogP contribution in [0.15, 0.2) is 60.7 Å². The maximum absolute atomic E-state index is 12.9. The summed E-state index contributed by atoms with van der Waals surface area (Å²) in [5.74, 6) is 0.208. The average Bonchev–Trinajstić information content (AvgIpc) is 3.29. The van der Waals surface area contributed by atoms with Gasteiger partial charge in [0.1, 0.15) is 0 Å². The molecule has 0 radical (unpaired) electrons. The van der Waals surface area contributed by atoms with Gasteiger partial charge in [-0.3, -0.25) is 0 Å². The molecule has 0 spiro atoms. The second kappa shape index (κ2) is 8.52. The summed E-state index contributed by atoms with van der Waals surface area (Å²) in [6.07, 6.45) is 0.911. The molecule has 7 heteroatoms. The number of nitrogens with zero attached hydrogens (tertiary/aromatic N) is 2. The van der Waals surface area contributed by atoms with E-state index in [2.05, 4.69) is 22.6 Å². The summed E-state index contributed by atoms with van der Waals surface area (Å²) in [5, 5.41) is 8.88. The summed E-state index contributed by atoms with van der Waals surface area (Å²) < 4.78 is 40.3. The van der Waals surface area contributed by atoms with Gasteiger partial charge in [-0.1, -0.05) is 35.9 Å². The summed E-state index contributed by atoms with van der Waals surface area (Å²) in [6.45, 7) is 4.64. The van der Waals surface area contributed by atoms with E-state index in [-0.39, 0.29) is 12.0 Å². The van der Waals surface area contributed by atoms with Crippen LogP contribution >= 0.6 is 11.6 Å². The Kier molecular flexibility index (Phi) is 5.95. The number of allylic oxidation sites excluding steroid dienone is 1. The lowest BCUT2D eigenvalue weighted by Gasteiger charge is -2.15. The van der Waals surface area contributed by atoms with Crippen molar-refractivity contribution in [3.05, 3.63) is 93.8 Å². The number of hydrogen-bond acceptors (Lipinski definition) is 2. The summed E-state index contributed by atoms with van der Waals surface area (Å²) in [5.41, 5.74) is 4.06. The zero-order valence-corrected chi connectivity index (χ0v) is 18.0. The quantitative estimate of drug-likeness (QED) is 0.463. The van der Waals surface area contributed by atoms with Crippen LogP contribution in [0.1, 0.15) is 40.4 Å². The first-order chi connectivity index (χ1) is 14.7. The van der Waals surface area contributed by atoms with Crippen molar-refractivity contribution >= 4 is 11.6 Å². The number of rotatable bonds is 5. The molecular formula is C24H23ClF3N3. The Labute approximate surface area is 184 Å². The molecule has 2 aromatic carbocycles. The van der Waals surface area contributed by atoms with Gasteiger partial charge in [-0.2, -0.15) is 18.3 Å². The zero-order valence-electron chi connectivity index (χ0n) is 17.2. The maximum atomic E-state index is 12.9. The molecule has 1 aromatic heterocycles. The molecule has 1 N–H and O–H groups in total. The van der Waals surface area contributed by atoms with Crippen molar-refractivity contribution in [3.8, 4) is 5.69 Å². The Balaban J connectivity index is 1.47. The Morgan fingerprint density at radius 3 is 2.52 bits per heavy atom. The van der Waals surface area contributed by atoms with Gasteiger partial charge >= 0.3 is 6.18 Å². The topological polar surface area (TPSA) is 29.9 Å². The van der Waals surface area contributed by atoms with Gasteiger partial charge in [0.05, 0.1) is 16.9 Å². The van der Waals surface area contributed by atoms with Crippen molar-refractivity contribution in [1.82, 2.24) is 15.1 Å². The van der Waals surface area contributed by atoms with Gasteiger partial charge in [-0.25, -0.2) is 4.68 Å². The lowest BCUT2D eigenvalue weighted by molar-refractivity contribution is -0.137. The van der Waals surface area contributed by atoms with Crippen molar-refractivity contribution in [3.63, 3.8) is 0 Å². The lowest BCUT2D eigenvalue weighted by Crippen LogP contribution is -2.25. The smallest absolute Gasteiger partial charge is 0.306 e. The third-order valence-electron chi connectivity index (χ3n) is 5.70. The van der Waals surface area contributed by atoms with Crippen molar-refractivity contribution in [1.29, 1.82) is 0 Å². The Hall–Kier alpha value is -2.57. The van der Waals surface area contributed by atoms with E-state index in [0.29, 0.717) is 5.69 Å². The molecule has 3 nitrogen and oxygen atoms in total. The number of benzene rings is 2. The minimum absolute atomic E-state index is 0.208. The standard InChI is InChI=1S/C24H23ClF3N3/c1-15-23(16(2)31(30-15)22-10-7-19(8-11-22)24(26,27)28)18-6-9-21(13-18)29-14-17-4-3-5-20(25)12-17/h3-12,18,21,29H,13-14H2,1-2H3/t18-,21+/m0/s1. The van der Waals surface area contributed by atoms with E-state index in [4.69, 9.17) is 11.6 Å². The van der Waals surface area contributed by atoms with Crippen molar-refractivity contribution < 1.29 is 13.2 Å². The summed E-state index contributed by atoms with van der Waals surface area (Å²) in [7, 11) is 0. The molecule has 0 bridgehead atoms. The minimum atomic E-state index is -4.35. The highest BCUT2D eigenvalue weighted by Crippen LogP contribution is 2.35. The molecule has 1 heterocycles. The third-order valence-corrected chi connectivity index (χ3v) is 5.93. The highest BCUT2D eigenvalue weighted by Gasteiger charge is 2.30. The fourth-order valence-electron chi connectivity index (χ4n) is 4.19. The van der Waals surface area contributed by atoms with Gasteiger partial charge < -0.3 is 5.32 Å². The van der Waals surface area contributed by atoms with Crippen LogP contribution in [-0.2, 0) is 12.7 Å². The average molecular weight is 446 g/mol. The predicted molar refractivity (Wildman–Crippen MR) is 117 cm³/mol. The summed E-state index contributed by atoms with van der Waals surface area (Å²) in [6, 6.07) is 13.1. The largest absolute Gasteiger partial charge is 0.416 e. The molecule has 31 heavy (non-hydrogen) atoms. The normalized spacial score (nSPS) is 18.6. The van der Waals surface area contributed by atoms with E-state index >= 15 is 0 Å². The third kappa shape index (κ3) is 4.70. The number of aryl methyl sites for hydroxylation is 1. The molecule has 0 aliphatic heterocycles. The van der Waals surface area contributed by atoms with Gasteiger partial charge in [-0.15, -0.1) is 0 Å². The van der Waals surface area contributed by atoms with Gasteiger partial charge in [0, 0.05) is 34.8 Å². The van der Waals surface area contributed by atoms with E-state index in [1.807, 2.05) is 38.1 Å². The van der Waals surface area contributed by atoms with Crippen molar-refractivity contribution in [2.45, 2.75) is 44.9 Å². The summed E-state index contributed by atoms with van der Waals surface area (Å²) >= 11 is 6.06. The highest BCUT2D eigenvalue weighted by molar-refractivity contribution is 6.30. The maximum Gasteiger partial charge on any atom is 0.416 e.